The zero-order chi connectivity index (χ0) is 16.1. The first-order valence-corrected chi connectivity index (χ1v) is 6.90. The van der Waals surface area contributed by atoms with Gasteiger partial charge in [0.2, 0.25) is 0 Å². The number of amides is 2. The molecular weight excluding hydrogens is 304 g/mol. The maximum atomic E-state index is 12.2. The van der Waals surface area contributed by atoms with Crippen molar-refractivity contribution in [2.75, 3.05) is 19.5 Å². The summed E-state index contributed by atoms with van der Waals surface area (Å²) in [5.74, 6) is -0.111. The second-order valence-corrected chi connectivity index (χ2v) is 4.89. The van der Waals surface area contributed by atoms with Gasteiger partial charge in [0.05, 0.1) is 12.8 Å². The van der Waals surface area contributed by atoms with E-state index in [0.717, 1.165) is 0 Å². The van der Waals surface area contributed by atoms with Crippen molar-refractivity contribution in [1.29, 1.82) is 0 Å². The average molecular weight is 319 g/mol. The van der Waals surface area contributed by atoms with E-state index in [4.69, 9.17) is 16.3 Å². The van der Waals surface area contributed by atoms with Crippen LogP contribution in [0.4, 0.5) is 5.69 Å². The summed E-state index contributed by atoms with van der Waals surface area (Å²) in [5, 5.41) is 5.83. The highest BCUT2D eigenvalue weighted by molar-refractivity contribution is 6.30. The summed E-state index contributed by atoms with van der Waals surface area (Å²) < 4.78 is 5.22. The standard InChI is InChI=1S/C16H15ClN2O3/c1-18-15(20)11-5-8-13(14(9-11)22-2)19-16(21)10-3-6-12(17)7-4-10/h3-9H,1-2H3,(H,18,20)(H,19,21). The van der Waals surface area contributed by atoms with Crippen LogP contribution in [0.15, 0.2) is 42.5 Å². The molecule has 0 atom stereocenters. The van der Waals surface area contributed by atoms with Gasteiger partial charge >= 0.3 is 0 Å². The van der Waals surface area contributed by atoms with Crippen LogP contribution in [0.2, 0.25) is 5.02 Å². The summed E-state index contributed by atoms with van der Waals surface area (Å²) in [6, 6.07) is 11.3. The number of anilines is 1. The molecule has 0 aliphatic heterocycles. The van der Waals surface area contributed by atoms with Gasteiger partial charge in [0.1, 0.15) is 5.75 Å². The first-order valence-electron chi connectivity index (χ1n) is 6.52. The fourth-order valence-electron chi connectivity index (χ4n) is 1.88. The van der Waals surface area contributed by atoms with Crippen LogP contribution in [-0.2, 0) is 0 Å². The summed E-state index contributed by atoms with van der Waals surface area (Å²) in [7, 11) is 3.02. The second-order valence-electron chi connectivity index (χ2n) is 4.46. The van der Waals surface area contributed by atoms with E-state index in [1.807, 2.05) is 0 Å². The monoisotopic (exact) mass is 318 g/mol. The average Bonchev–Trinajstić information content (AvgIpc) is 2.55. The van der Waals surface area contributed by atoms with Gasteiger partial charge in [-0.3, -0.25) is 9.59 Å². The highest BCUT2D eigenvalue weighted by Crippen LogP contribution is 2.26. The third-order valence-corrected chi connectivity index (χ3v) is 3.30. The number of methoxy groups -OCH3 is 1. The number of hydrogen-bond donors (Lipinski definition) is 2. The minimum Gasteiger partial charge on any atom is -0.495 e. The molecule has 0 saturated carbocycles. The Labute approximate surface area is 133 Å². The molecule has 2 aromatic carbocycles. The number of carbonyl (C=O) groups excluding carboxylic acids is 2. The van der Waals surface area contributed by atoms with Crippen LogP contribution >= 0.6 is 11.6 Å². The normalized spacial score (nSPS) is 9.95. The first-order chi connectivity index (χ1) is 10.5. The Hall–Kier alpha value is -2.53. The minimum atomic E-state index is -0.289. The van der Waals surface area contributed by atoms with Gasteiger partial charge in [0.15, 0.2) is 0 Å². The van der Waals surface area contributed by atoms with Crippen LogP contribution in [0.25, 0.3) is 0 Å². The minimum absolute atomic E-state index is 0.228. The third-order valence-electron chi connectivity index (χ3n) is 3.05. The molecule has 2 rings (SSSR count). The maximum Gasteiger partial charge on any atom is 0.255 e. The molecule has 0 spiro atoms. The van der Waals surface area contributed by atoms with Crippen molar-refractivity contribution in [3.8, 4) is 5.75 Å². The topological polar surface area (TPSA) is 67.4 Å². The molecule has 2 aromatic rings. The van der Waals surface area contributed by atoms with Gasteiger partial charge in [-0.15, -0.1) is 0 Å². The van der Waals surface area contributed by atoms with Gasteiger partial charge in [-0.05, 0) is 42.5 Å². The van der Waals surface area contributed by atoms with Crippen molar-refractivity contribution in [3.05, 3.63) is 58.6 Å². The van der Waals surface area contributed by atoms with Crippen molar-refractivity contribution in [3.63, 3.8) is 0 Å². The third kappa shape index (κ3) is 3.56. The van der Waals surface area contributed by atoms with Gasteiger partial charge in [-0.1, -0.05) is 11.6 Å². The van der Waals surface area contributed by atoms with E-state index in [9.17, 15) is 9.59 Å². The van der Waals surface area contributed by atoms with Gasteiger partial charge in [0.25, 0.3) is 11.8 Å². The van der Waals surface area contributed by atoms with Crippen LogP contribution in [0.5, 0.6) is 5.75 Å². The van der Waals surface area contributed by atoms with Crippen molar-refractivity contribution >= 4 is 29.1 Å². The summed E-state index contributed by atoms with van der Waals surface area (Å²) in [5.41, 5.74) is 1.40. The van der Waals surface area contributed by atoms with E-state index in [1.165, 1.54) is 7.11 Å². The number of halogens is 1. The van der Waals surface area contributed by atoms with Crippen molar-refractivity contribution in [1.82, 2.24) is 5.32 Å². The molecular formula is C16H15ClN2O3. The quantitative estimate of drug-likeness (QED) is 0.910. The van der Waals surface area contributed by atoms with Crippen LogP contribution in [-0.4, -0.2) is 26.0 Å². The number of hydrogen-bond acceptors (Lipinski definition) is 3. The Morgan fingerprint density at radius 1 is 1.00 bits per heavy atom. The molecule has 0 heterocycles. The molecule has 5 nitrogen and oxygen atoms in total. The van der Waals surface area contributed by atoms with E-state index in [0.29, 0.717) is 27.6 Å². The molecule has 0 aromatic heterocycles. The van der Waals surface area contributed by atoms with E-state index in [1.54, 1.807) is 49.5 Å². The fraction of sp³-hybridized carbons (Fsp3) is 0.125. The van der Waals surface area contributed by atoms with Gasteiger partial charge in [-0.2, -0.15) is 0 Å². The molecule has 2 amide bonds. The largest absolute Gasteiger partial charge is 0.495 e. The summed E-state index contributed by atoms with van der Waals surface area (Å²) in [6.45, 7) is 0. The van der Waals surface area contributed by atoms with Crippen molar-refractivity contribution < 1.29 is 14.3 Å². The first kappa shape index (κ1) is 15.9. The molecule has 0 unspecified atom stereocenters. The fourth-order valence-corrected chi connectivity index (χ4v) is 2.00. The number of nitrogens with one attached hydrogen (secondary N) is 2. The Morgan fingerprint density at radius 3 is 2.23 bits per heavy atom. The van der Waals surface area contributed by atoms with Crippen molar-refractivity contribution in [2.45, 2.75) is 0 Å². The lowest BCUT2D eigenvalue weighted by Gasteiger charge is -2.11. The number of carbonyl (C=O) groups is 2. The molecule has 6 heteroatoms. The molecule has 0 aliphatic rings. The Balaban J connectivity index is 2.23. The van der Waals surface area contributed by atoms with Crippen LogP contribution in [0, 0.1) is 0 Å². The van der Waals surface area contributed by atoms with Gasteiger partial charge < -0.3 is 15.4 Å². The Bertz CT molecular complexity index is 699. The van der Waals surface area contributed by atoms with Gasteiger partial charge in [0, 0.05) is 23.2 Å². The summed E-state index contributed by atoms with van der Waals surface area (Å²) in [6.07, 6.45) is 0. The van der Waals surface area contributed by atoms with Crippen LogP contribution in [0.3, 0.4) is 0 Å². The molecule has 114 valence electrons. The number of benzene rings is 2. The summed E-state index contributed by atoms with van der Waals surface area (Å²) >= 11 is 5.80. The number of ether oxygens (including phenoxy) is 1. The smallest absolute Gasteiger partial charge is 0.255 e. The molecule has 0 bridgehead atoms. The molecule has 0 saturated heterocycles. The highest BCUT2D eigenvalue weighted by Gasteiger charge is 2.12. The second kappa shape index (κ2) is 6.95. The SMILES string of the molecule is CNC(=O)c1ccc(NC(=O)c2ccc(Cl)cc2)c(OC)c1. The molecule has 2 N–H and O–H groups in total. The molecule has 22 heavy (non-hydrogen) atoms. The van der Waals surface area contributed by atoms with E-state index >= 15 is 0 Å². The zero-order valence-electron chi connectivity index (χ0n) is 12.1. The molecule has 0 radical (unpaired) electrons. The summed E-state index contributed by atoms with van der Waals surface area (Å²) in [4.78, 5) is 23.8. The lowest BCUT2D eigenvalue weighted by Crippen LogP contribution is -2.18. The van der Waals surface area contributed by atoms with Crippen molar-refractivity contribution in [2.24, 2.45) is 0 Å². The molecule has 0 aliphatic carbocycles. The van der Waals surface area contributed by atoms with Crippen LogP contribution in [0.1, 0.15) is 20.7 Å². The van der Waals surface area contributed by atoms with E-state index < -0.39 is 0 Å². The highest BCUT2D eigenvalue weighted by atomic mass is 35.5. The molecule has 0 fully saturated rings. The zero-order valence-corrected chi connectivity index (χ0v) is 12.9. The predicted molar refractivity (Wildman–Crippen MR) is 85.8 cm³/mol. The van der Waals surface area contributed by atoms with E-state index in [2.05, 4.69) is 10.6 Å². The predicted octanol–water partition coefficient (Wildman–Crippen LogP) is 2.96. The Kier molecular flexibility index (Phi) is 5.01. The lowest BCUT2D eigenvalue weighted by molar-refractivity contribution is 0.0962. The maximum absolute atomic E-state index is 12.2. The lowest BCUT2D eigenvalue weighted by atomic mass is 10.1. The van der Waals surface area contributed by atoms with Gasteiger partial charge in [-0.25, -0.2) is 0 Å². The van der Waals surface area contributed by atoms with E-state index in [-0.39, 0.29) is 11.8 Å². The van der Waals surface area contributed by atoms with Crippen LogP contribution < -0.4 is 15.4 Å². The Morgan fingerprint density at radius 2 is 1.64 bits per heavy atom. The number of rotatable bonds is 4.